The van der Waals surface area contributed by atoms with Gasteiger partial charge in [-0.25, -0.2) is 14.4 Å². The molecule has 0 spiro atoms. The van der Waals surface area contributed by atoms with Crippen LogP contribution in [0.2, 0.25) is 0 Å². The lowest BCUT2D eigenvalue weighted by atomic mass is 9.95. The molecule has 2 N–H and O–H groups in total. The number of aliphatic imine (C=N–C) groups is 1. The van der Waals surface area contributed by atoms with Crippen LogP contribution in [0.3, 0.4) is 0 Å². The van der Waals surface area contributed by atoms with Gasteiger partial charge in [0.05, 0.1) is 15.7 Å². The molecule has 0 unspecified atom stereocenters. The van der Waals surface area contributed by atoms with Crippen LogP contribution in [0.15, 0.2) is 52.3 Å². The zero-order valence-corrected chi connectivity index (χ0v) is 19.3. The first-order valence-corrected chi connectivity index (χ1v) is 10.8. The molecule has 10 heteroatoms. The van der Waals surface area contributed by atoms with Crippen molar-refractivity contribution in [1.29, 1.82) is 0 Å². The standard InChI is InChI=1S/C22H24BrF4N5/c1-4-29-20(28)19(23)13(2)32-9-7-14(8-10-32)21-30-18(12-31(21)3)15-5-6-17(24)16(11-15)22(25,26)27/h4-6,11-12,14H,1,7-10H2,2-3H3,(H2,28,29)/b19-13-. The van der Waals surface area contributed by atoms with E-state index in [0.29, 0.717) is 16.0 Å². The predicted octanol–water partition coefficient (Wildman–Crippen LogP) is 5.55. The van der Waals surface area contributed by atoms with Crippen LogP contribution in [0.4, 0.5) is 17.6 Å². The van der Waals surface area contributed by atoms with Crippen LogP contribution in [0, 0.1) is 5.82 Å². The Morgan fingerprint density at radius 1 is 1.31 bits per heavy atom. The van der Waals surface area contributed by atoms with E-state index >= 15 is 0 Å². The van der Waals surface area contributed by atoms with Gasteiger partial charge in [-0.15, -0.1) is 0 Å². The van der Waals surface area contributed by atoms with Crippen molar-refractivity contribution >= 4 is 21.8 Å². The fourth-order valence-corrected chi connectivity index (χ4v) is 4.21. The van der Waals surface area contributed by atoms with E-state index in [9.17, 15) is 17.6 Å². The molecule has 2 heterocycles. The maximum Gasteiger partial charge on any atom is 0.419 e. The first-order chi connectivity index (χ1) is 15.0. The Kier molecular flexibility index (Phi) is 7.12. The summed E-state index contributed by atoms with van der Waals surface area (Å²) in [5, 5.41) is 0. The zero-order chi connectivity index (χ0) is 23.6. The van der Waals surface area contributed by atoms with Crippen LogP contribution < -0.4 is 5.73 Å². The van der Waals surface area contributed by atoms with Gasteiger partial charge in [0, 0.05) is 49.7 Å². The Hall–Kier alpha value is -2.62. The molecular formula is C22H24BrF4N5. The van der Waals surface area contributed by atoms with E-state index in [-0.39, 0.29) is 11.5 Å². The van der Waals surface area contributed by atoms with Gasteiger partial charge in [-0.3, -0.25) is 0 Å². The number of alkyl halides is 3. The highest BCUT2D eigenvalue weighted by Crippen LogP contribution is 2.35. The second-order valence-electron chi connectivity index (χ2n) is 7.65. The van der Waals surface area contributed by atoms with Crippen LogP contribution in [0.25, 0.3) is 11.3 Å². The summed E-state index contributed by atoms with van der Waals surface area (Å²) in [7, 11) is 1.82. The van der Waals surface area contributed by atoms with Crippen molar-refractivity contribution < 1.29 is 17.6 Å². The number of piperidine rings is 1. The summed E-state index contributed by atoms with van der Waals surface area (Å²) >= 11 is 3.48. The molecule has 2 aromatic rings. The molecule has 1 fully saturated rings. The largest absolute Gasteiger partial charge is 0.419 e. The van der Waals surface area contributed by atoms with Crippen molar-refractivity contribution in [1.82, 2.24) is 14.5 Å². The van der Waals surface area contributed by atoms with E-state index < -0.39 is 17.6 Å². The van der Waals surface area contributed by atoms with E-state index in [4.69, 9.17) is 5.73 Å². The van der Waals surface area contributed by atoms with Crippen LogP contribution >= 0.6 is 15.9 Å². The van der Waals surface area contributed by atoms with Gasteiger partial charge < -0.3 is 15.2 Å². The Balaban J connectivity index is 1.78. The lowest BCUT2D eigenvalue weighted by Gasteiger charge is -2.34. The minimum Gasteiger partial charge on any atom is -0.383 e. The number of aryl methyl sites for hydroxylation is 1. The summed E-state index contributed by atoms with van der Waals surface area (Å²) in [5.41, 5.74) is 6.23. The average molecular weight is 514 g/mol. The first kappa shape index (κ1) is 24.0. The average Bonchev–Trinajstić information content (AvgIpc) is 3.14. The van der Waals surface area contributed by atoms with Gasteiger partial charge in [0.1, 0.15) is 17.5 Å². The summed E-state index contributed by atoms with van der Waals surface area (Å²) in [5.74, 6) is 0.00768. The summed E-state index contributed by atoms with van der Waals surface area (Å²) in [6, 6.07) is 2.96. The van der Waals surface area contributed by atoms with Gasteiger partial charge in [-0.2, -0.15) is 13.2 Å². The number of benzene rings is 1. The predicted molar refractivity (Wildman–Crippen MR) is 121 cm³/mol. The molecule has 32 heavy (non-hydrogen) atoms. The normalized spacial score (nSPS) is 16.8. The van der Waals surface area contributed by atoms with E-state index in [0.717, 1.165) is 49.6 Å². The lowest BCUT2D eigenvalue weighted by molar-refractivity contribution is -0.139. The van der Waals surface area contributed by atoms with E-state index in [2.05, 4.69) is 37.4 Å². The summed E-state index contributed by atoms with van der Waals surface area (Å²) in [4.78, 5) is 10.8. The van der Waals surface area contributed by atoms with Gasteiger partial charge >= 0.3 is 6.18 Å². The Bertz CT molecular complexity index is 1060. The minimum atomic E-state index is -4.76. The van der Waals surface area contributed by atoms with E-state index in [1.54, 1.807) is 6.20 Å². The highest BCUT2D eigenvalue weighted by atomic mass is 79.9. The first-order valence-electron chi connectivity index (χ1n) is 9.99. The molecule has 0 amide bonds. The molecular weight excluding hydrogens is 490 g/mol. The van der Waals surface area contributed by atoms with Crippen LogP contribution in [0.1, 0.15) is 37.1 Å². The monoisotopic (exact) mass is 513 g/mol. The molecule has 0 atom stereocenters. The second-order valence-corrected chi connectivity index (χ2v) is 8.44. The molecule has 3 rings (SSSR count). The summed E-state index contributed by atoms with van der Waals surface area (Å²) in [6.45, 7) is 7.04. The maximum atomic E-state index is 13.6. The smallest absolute Gasteiger partial charge is 0.383 e. The highest BCUT2D eigenvalue weighted by Gasteiger charge is 2.34. The number of allylic oxidation sites excluding steroid dienone is 1. The number of hydrogen-bond acceptors (Lipinski definition) is 3. The maximum absolute atomic E-state index is 13.6. The highest BCUT2D eigenvalue weighted by molar-refractivity contribution is 9.12. The van der Waals surface area contributed by atoms with Crippen molar-refractivity contribution in [2.75, 3.05) is 13.1 Å². The molecule has 1 aliphatic heterocycles. The van der Waals surface area contributed by atoms with Gasteiger partial charge in [0.2, 0.25) is 0 Å². The third-order valence-electron chi connectivity index (χ3n) is 5.59. The van der Waals surface area contributed by atoms with E-state index in [1.807, 2.05) is 18.5 Å². The molecule has 1 aromatic carbocycles. The summed E-state index contributed by atoms with van der Waals surface area (Å²) < 4.78 is 55.4. The molecule has 5 nitrogen and oxygen atoms in total. The number of hydrogen-bond donors (Lipinski definition) is 1. The Labute approximate surface area is 192 Å². The van der Waals surface area contributed by atoms with Crippen LogP contribution in [-0.2, 0) is 13.2 Å². The second kappa shape index (κ2) is 9.48. The zero-order valence-electron chi connectivity index (χ0n) is 17.8. The minimum absolute atomic E-state index is 0.151. The van der Waals surface area contributed by atoms with Crippen molar-refractivity contribution in [3.05, 3.63) is 64.6 Å². The quantitative estimate of drug-likeness (QED) is 0.324. The van der Waals surface area contributed by atoms with Gasteiger partial charge in [-0.05, 0) is 53.9 Å². The molecule has 0 radical (unpaired) electrons. The number of imidazole rings is 1. The molecule has 1 aromatic heterocycles. The molecule has 1 aliphatic rings. The number of rotatable bonds is 5. The van der Waals surface area contributed by atoms with Gasteiger partial charge in [-0.1, -0.05) is 6.58 Å². The fourth-order valence-electron chi connectivity index (χ4n) is 3.85. The number of likely N-dealkylation sites (tertiary alicyclic amines) is 1. The molecule has 0 bridgehead atoms. The number of nitrogens with zero attached hydrogens (tertiary/aromatic N) is 4. The molecule has 0 saturated carbocycles. The van der Waals surface area contributed by atoms with Gasteiger partial charge in [0.15, 0.2) is 0 Å². The molecule has 1 saturated heterocycles. The van der Waals surface area contributed by atoms with Crippen LogP contribution in [0.5, 0.6) is 0 Å². The topological polar surface area (TPSA) is 59.4 Å². The fraction of sp³-hybridized carbons (Fsp3) is 0.364. The number of nitrogens with two attached hydrogens (primary N) is 1. The third kappa shape index (κ3) is 5.06. The van der Waals surface area contributed by atoms with Gasteiger partial charge in [0.25, 0.3) is 0 Å². The van der Waals surface area contributed by atoms with Crippen molar-refractivity contribution in [3.8, 4) is 11.3 Å². The van der Waals surface area contributed by atoms with Crippen molar-refractivity contribution in [3.63, 3.8) is 0 Å². The number of halogens is 5. The lowest BCUT2D eigenvalue weighted by Crippen LogP contribution is -2.33. The number of amidine groups is 1. The third-order valence-corrected chi connectivity index (χ3v) is 6.57. The number of aromatic nitrogens is 2. The Morgan fingerprint density at radius 3 is 2.56 bits per heavy atom. The van der Waals surface area contributed by atoms with Crippen LogP contribution in [-0.4, -0.2) is 33.4 Å². The SMILES string of the molecule is C=C/N=C(N)\C(Br)=C(/C)N1CCC(c2nc(-c3ccc(F)c(C(F)(F)F)c3)cn2C)CC1. The van der Waals surface area contributed by atoms with E-state index in [1.165, 1.54) is 12.3 Å². The summed E-state index contributed by atoms with van der Waals surface area (Å²) in [6.07, 6.45) is -0.0594. The molecule has 172 valence electrons. The van der Waals surface area contributed by atoms with Crippen molar-refractivity contribution in [2.24, 2.45) is 17.8 Å². The molecule has 0 aliphatic carbocycles. The Morgan fingerprint density at radius 2 is 1.97 bits per heavy atom. The van der Waals surface area contributed by atoms with Crippen molar-refractivity contribution in [2.45, 2.75) is 31.9 Å².